The molecule has 0 radical (unpaired) electrons. The fourth-order valence-corrected chi connectivity index (χ4v) is 4.49. The van der Waals surface area contributed by atoms with Crippen LogP contribution in [-0.4, -0.2) is 39.5 Å². The Kier molecular flexibility index (Phi) is 8.71. The topological polar surface area (TPSA) is 76.5 Å². The summed E-state index contributed by atoms with van der Waals surface area (Å²) < 4.78 is 8.34. The third-order valence-corrected chi connectivity index (χ3v) is 6.68. The first kappa shape index (κ1) is 25.1. The first-order chi connectivity index (χ1) is 16.9. The molecule has 8 heteroatoms. The van der Waals surface area contributed by atoms with Crippen molar-refractivity contribution in [1.82, 2.24) is 19.8 Å². The lowest BCUT2D eigenvalue weighted by molar-refractivity contribution is -0.119. The Morgan fingerprint density at radius 1 is 1.11 bits per heavy atom. The Morgan fingerprint density at radius 3 is 2.51 bits per heavy atom. The number of ether oxygens (including phenoxy) is 1. The summed E-state index contributed by atoms with van der Waals surface area (Å²) in [5, 5.41) is 3.02. The SMILES string of the molecule is CC(=O)NC1CCN(Cc2ccc(CCn3ccc(OCc4ccc(Br)cn4)cc3=O)cc2)CC1. The summed E-state index contributed by atoms with van der Waals surface area (Å²) in [4.78, 5) is 30.4. The maximum atomic E-state index is 12.5. The minimum absolute atomic E-state index is 0.0554. The molecule has 1 aliphatic rings. The average molecular weight is 539 g/mol. The van der Waals surface area contributed by atoms with Crippen molar-refractivity contribution in [3.63, 3.8) is 0 Å². The van der Waals surface area contributed by atoms with E-state index in [2.05, 4.69) is 55.4 Å². The monoisotopic (exact) mass is 538 g/mol. The van der Waals surface area contributed by atoms with Crippen molar-refractivity contribution in [2.24, 2.45) is 0 Å². The van der Waals surface area contributed by atoms with E-state index in [1.54, 1.807) is 23.9 Å². The van der Waals surface area contributed by atoms with Gasteiger partial charge in [-0.15, -0.1) is 0 Å². The van der Waals surface area contributed by atoms with Crippen LogP contribution in [0.2, 0.25) is 0 Å². The van der Waals surface area contributed by atoms with Crippen LogP contribution in [0.5, 0.6) is 5.75 Å². The van der Waals surface area contributed by atoms with E-state index in [4.69, 9.17) is 4.74 Å². The van der Waals surface area contributed by atoms with Crippen LogP contribution in [0.4, 0.5) is 0 Å². The second kappa shape index (κ2) is 12.1. The van der Waals surface area contributed by atoms with E-state index in [-0.39, 0.29) is 11.5 Å². The molecular formula is C27H31BrN4O3. The maximum absolute atomic E-state index is 12.5. The van der Waals surface area contributed by atoms with Gasteiger partial charge in [0.2, 0.25) is 5.91 Å². The van der Waals surface area contributed by atoms with Crippen molar-refractivity contribution in [3.8, 4) is 5.75 Å². The van der Waals surface area contributed by atoms with Crippen molar-refractivity contribution in [1.29, 1.82) is 0 Å². The molecular weight excluding hydrogens is 508 g/mol. The zero-order valence-electron chi connectivity index (χ0n) is 20.0. The Morgan fingerprint density at radius 2 is 1.86 bits per heavy atom. The number of hydrogen-bond acceptors (Lipinski definition) is 5. The Balaban J connectivity index is 1.23. The molecule has 1 fully saturated rings. The molecule has 0 atom stereocenters. The number of rotatable bonds is 9. The van der Waals surface area contributed by atoms with Gasteiger partial charge in [0.25, 0.3) is 5.56 Å². The lowest BCUT2D eigenvalue weighted by Gasteiger charge is -2.32. The minimum atomic E-state index is -0.0782. The molecule has 184 valence electrons. The minimum Gasteiger partial charge on any atom is -0.487 e. The molecule has 35 heavy (non-hydrogen) atoms. The van der Waals surface area contributed by atoms with E-state index in [9.17, 15) is 9.59 Å². The van der Waals surface area contributed by atoms with E-state index in [0.29, 0.717) is 24.9 Å². The normalized spacial score (nSPS) is 14.6. The Labute approximate surface area is 214 Å². The van der Waals surface area contributed by atoms with Gasteiger partial charge >= 0.3 is 0 Å². The van der Waals surface area contributed by atoms with E-state index in [0.717, 1.165) is 49.1 Å². The van der Waals surface area contributed by atoms with Crippen LogP contribution >= 0.6 is 15.9 Å². The summed E-state index contributed by atoms with van der Waals surface area (Å²) in [5.41, 5.74) is 3.21. The highest BCUT2D eigenvalue weighted by Crippen LogP contribution is 2.15. The summed E-state index contributed by atoms with van der Waals surface area (Å²) in [5.74, 6) is 0.598. The summed E-state index contributed by atoms with van der Waals surface area (Å²) in [6.07, 6.45) is 6.28. The van der Waals surface area contributed by atoms with Gasteiger partial charge in [0.15, 0.2) is 0 Å². The molecule has 0 bridgehead atoms. The molecule has 1 N–H and O–H groups in total. The fourth-order valence-electron chi connectivity index (χ4n) is 4.26. The number of aromatic nitrogens is 2. The van der Waals surface area contributed by atoms with Gasteiger partial charge in [-0.25, -0.2) is 0 Å². The van der Waals surface area contributed by atoms with E-state index < -0.39 is 0 Å². The predicted molar refractivity (Wildman–Crippen MR) is 139 cm³/mol. The molecule has 4 rings (SSSR count). The van der Waals surface area contributed by atoms with Gasteiger partial charge in [-0.3, -0.25) is 19.5 Å². The number of carbonyl (C=O) groups is 1. The van der Waals surface area contributed by atoms with Gasteiger partial charge in [0.05, 0.1) is 5.69 Å². The highest BCUT2D eigenvalue weighted by atomic mass is 79.9. The lowest BCUT2D eigenvalue weighted by atomic mass is 10.0. The van der Waals surface area contributed by atoms with Crippen LogP contribution in [-0.2, 0) is 30.9 Å². The van der Waals surface area contributed by atoms with Gasteiger partial charge in [-0.2, -0.15) is 0 Å². The first-order valence-corrected chi connectivity index (χ1v) is 12.7. The second-order valence-electron chi connectivity index (χ2n) is 8.97. The number of benzene rings is 1. The number of pyridine rings is 2. The van der Waals surface area contributed by atoms with Crippen LogP contribution in [0.15, 0.2) is 70.2 Å². The molecule has 1 aromatic carbocycles. The van der Waals surface area contributed by atoms with Crippen molar-refractivity contribution in [3.05, 3.63) is 92.6 Å². The molecule has 3 heterocycles. The van der Waals surface area contributed by atoms with E-state index >= 15 is 0 Å². The van der Waals surface area contributed by atoms with Gasteiger partial charge in [0.1, 0.15) is 12.4 Å². The van der Waals surface area contributed by atoms with Crippen LogP contribution < -0.4 is 15.6 Å². The quantitative estimate of drug-likeness (QED) is 0.446. The summed E-state index contributed by atoms with van der Waals surface area (Å²) in [6, 6.07) is 16.1. The van der Waals surface area contributed by atoms with Gasteiger partial charge < -0.3 is 14.6 Å². The smallest absolute Gasteiger partial charge is 0.254 e. The molecule has 1 aliphatic heterocycles. The number of hydrogen-bond donors (Lipinski definition) is 1. The first-order valence-electron chi connectivity index (χ1n) is 12.0. The number of halogens is 1. The third-order valence-electron chi connectivity index (χ3n) is 6.21. The summed E-state index contributed by atoms with van der Waals surface area (Å²) >= 11 is 3.36. The molecule has 1 saturated heterocycles. The number of likely N-dealkylation sites (tertiary alicyclic amines) is 1. The summed E-state index contributed by atoms with van der Waals surface area (Å²) in [7, 11) is 0. The van der Waals surface area contributed by atoms with E-state index in [1.165, 1.54) is 17.2 Å². The van der Waals surface area contributed by atoms with Gasteiger partial charge in [-0.1, -0.05) is 24.3 Å². The highest BCUT2D eigenvalue weighted by Gasteiger charge is 2.19. The maximum Gasteiger partial charge on any atom is 0.254 e. The Bertz CT molecular complexity index is 1170. The zero-order chi connectivity index (χ0) is 24.6. The number of piperidine rings is 1. The Hall–Kier alpha value is -2.97. The molecule has 0 saturated carbocycles. The van der Waals surface area contributed by atoms with Crippen LogP contribution in [0, 0.1) is 0 Å². The number of nitrogens with zero attached hydrogens (tertiary/aromatic N) is 3. The molecule has 2 aromatic heterocycles. The predicted octanol–water partition coefficient (Wildman–Crippen LogP) is 3.93. The molecule has 0 unspecified atom stereocenters. The van der Waals surface area contributed by atoms with Crippen molar-refractivity contribution < 1.29 is 9.53 Å². The number of nitrogens with one attached hydrogen (secondary N) is 1. The number of carbonyl (C=O) groups excluding carboxylic acids is 1. The number of amides is 1. The van der Waals surface area contributed by atoms with Crippen molar-refractivity contribution in [2.45, 2.75) is 51.9 Å². The summed E-state index contributed by atoms with van der Waals surface area (Å²) in [6.45, 7) is 5.42. The fraction of sp³-hybridized carbons (Fsp3) is 0.370. The molecule has 0 spiro atoms. The van der Waals surface area contributed by atoms with E-state index in [1.807, 2.05) is 18.2 Å². The standard InChI is InChI=1S/C27H31BrN4O3/c1-20(33)30-24-9-12-31(13-10-24)18-22-4-2-21(3-5-22)8-14-32-15-11-26(16-27(32)34)35-19-25-7-6-23(28)17-29-25/h2-7,11,15-17,24H,8-10,12-14,18-19H2,1H3,(H,30,33). The zero-order valence-corrected chi connectivity index (χ0v) is 21.5. The van der Waals surface area contributed by atoms with Crippen LogP contribution in [0.25, 0.3) is 0 Å². The molecule has 7 nitrogen and oxygen atoms in total. The largest absolute Gasteiger partial charge is 0.487 e. The van der Waals surface area contributed by atoms with Gasteiger partial charge in [0, 0.05) is 62.1 Å². The van der Waals surface area contributed by atoms with Crippen LogP contribution in [0.1, 0.15) is 36.6 Å². The highest BCUT2D eigenvalue weighted by molar-refractivity contribution is 9.10. The lowest BCUT2D eigenvalue weighted by Crippen LogP contribution is -2.43. The average Bonchev–Trinajstić information content (AvgIpc) is 2.85. The second-order valence-corrected chi connectivity index (χ2v) is 9.88. The van der Waals surface area contributed by atoms with Crippen LogP contribution in [0.3, 0.4) is 0 Å². The van der Waals surface area contributed by atoms with Gasteiger partial charge in [-0.05, 0) is 64.5 Å². The molecule has 3 aromatic rings. The molecule has 1 amide bonds. The number of aryl methyl sites for hydroxylation is 2. The van der Waals surface area contributed by atoms with Crippen molar-refractivity contribution >= 4 is 21.8 Å². The van der Waals surface area contributed by atoms with Crippen molar-refractivity contribution in [2.75, 3.05) is 13.1 Å². The molecule has 0 aliphatic carbocycles. The third kappa shape index (κ3) is 7.77.